The van der Waals surface area contributed by atoms with Crippen LogP contribution >= 0.6 is 0 Å². The Balaban J connectivity index is 1.99. The van der Waals surface area contributed by atoms with E-state index in [9.17, 15) is 14.9 Å². The summed E-state index contributed by atoms with van der Waals surface area (Å²) in [5.74, 6) is 0.177. The highest BCUT2D eigenvalue weighted by Gasteiger charge is 2.21. The number of benzene rings is 2. The van der Waals surface area contributed by atoms with Crippen LogP contribution in [-0.2, 0) is 0 Å². The minimum atomic E-state index is -0.439. The van der Waals surface area contributed by atoms with Crippen molar-refractivity contribution in [2.75, 3.05) is 0 Å². The highest BCUT2D eigenvalue weighted by atomic mass is 16.6. The number of carbonyl (C=O) groups excluding carboxylic acids is 1. The molecule has 0 saturated carbocycles. The number of nitrogens with one attached hydrogen (secondary N) is 3. The van der Waals surface area contributed by atoms with E-state index < -0.39 is 4.92 Å². The SMILES string of the molecule is CC(=CCC(C)C)NNC(=O)c1[nH]c2ccc([N+](=O)[O-])cc2c1-c1ccccc1. The van der Waals surface area contributed by atoms with Gasteiger partial charge in [-0.3, -0.25) is 20.3 Å². The number of allylic oxidation sites excluding steroid dienone is 2. The molecule has 0 spiro atoms. The average Bonchev–Trinajstić information content (AvgIpc) is 3.09. The zero-order chi connectivity index (χ0) is 21.0. The van der Waals surface area contributed by atoms with Crippen molar-refractivity contribution < 1.29 is 9.72 Å². The van der Waals surface area contributed by atoms with Gasteiger partial charge in [-0.25, -0.2) is 0 Å². The van der Waals surface area contributed by atoms with Crippen LogP contribution in [0.5, 0.6) is 0 Å². The van der Waals surface area contributed by atoms with Gasteiger partial charge in [0.25, 0.3) is 11.6 Å². The lowest BCUT2D eigenvalue weighted by Gasteiger charge is -2.10. The molecule has 1 aromatic heterocycles. The summed E-state index contributed by atoms with van der Waals surface area (Å²) in [4.78, 5) is 26.8. The van der Waals surface area contributed by atoms with Gasteiger partial charge in [0.2, 0.25) is 0 Å². The molecular weight excluding hydrogens is 368 g/mol. The van der Waals surface area contributed by atoms with Crippen LogP contribution in [-0.4, -0.2) is 15.8 Å². The van der Waals surface area contributed by atoms with E-state index in [0.717, 1.165) is 17.7 Å². The second kappa shape index (κ2) is 8.60. The highest BCUT2D eigenvalue weighted by Crippen LogP contribution is 2.34. The number of nitrogens with zero attached hydrogens (tertiary/aromatic N) is 1. The van der Waals surface area contributed by atoms with Crippen molar-refractivity contribution in [3.05, 3.63) is 76.1 Å². The molecule has 7 heteroatoms. The van der Waals surface area contributed by atoms with E-state index in [1.54, 1.807) is 6.07 Å². The van der Waals surface area contributed by atoms with Crippen molar-refractivity contribution in [3.8, 4) is 11.1 Å². The number of aromatic amines is 1. The van der Waals surface area contributed by atoms with E-state index in [4.69, 9.17) is 0 Å². The van der Waals surface area contributed by atoms with Crippen LogP contribution in [0.4, 0.5) is 5.69 Å². The van der Waals surface area contributed by atoms with Crippen LogP contribution in [0.25, 0.3) is 22.0 Å². The van der Waals surface area contributed by atoms with Gasteiger partial charge in [-0.2, -0.15) is 0 Å². The maximum atomic E-state index is 12.9. The van der Waals surface area contributed by atoms with Crippen molar-refractivity contribution in [3.63, 3.8) is 0 Å². The van der Waals surface area contributed by atoms with Gasteiger partial charge in [0.05, 0.1) is 4.92 Å². The molecule has 3 rings (SSSR count). The Hall–Kier alpha value is -3.61. The molecule has 0 radical (unpaired) electrons. The quantitative estimate of drug-likeness (QED) is 0.392. The van der Waals surface area contributed by atoms with Gasteiger partial charge in [0.1, 0.15) is 5.69 Å². The highest BCUT2D eigenvalue weighted by molar-refractivity contribution is 6.10. The number of non-ortho nitro benzene ring substituents is 1. The smallest absolute Gasteiger partial charge is 0.286 e. The zero-order valence-corrected chi connectivity index (χ0v) is 16.7. The number of fused-ring (bicyclic) bond motifs is 1. The first-order valence-corrected chi connectivity index (χ1v) is 9.45. The lowest BCUT2D eigenvalue weighted by Crippen LogP contribution is -2.36. The molecule has 3 N–H and O–H groups in total. The zero-order valence-electron chi connectivity index (χ0n) is 16.7. The number of hydrazine groups is 1. The number of nitro benzene ring substituents is 1. The van der Waals surface area contributed by atoms with Gasteiger partial charge < -0.3 is 10.4 Å². The van der Waals surface area contributed by atoms with E-state index in [1.807, 2.05) is 43.3 Å². The summed E-state index contributed by atoms with van der Waals surface area (Å²) in [6.45, 7) is 6.13. The summed E-state index contributed by atoms with van der Waals surface area (Å²) in [7, 11) is 0. The van der Waals surface area contributed by atoms with Gasteiger partial charge in [-0.1, -0.05) is 50.3 Å². The van der Waals surface area contributed by atoms with Gasteiger partial charge in [-0.05, 0) is 30.9 Å². The number of amides is 1. The monoisotopic (exact) mass is 392 g/mol. The third kappa shape index (κ3) is 4.63. The topological polar surface area (TPSA) is 100 Å². The van der Waals surface area contributed by atoms with Crippen LogP contribution in [0.15, 0.2) is 60.3 Å². The molecule has 0 fully saturated rings. The maximum Gasteiger partial charge on any atom is 0.286 e. The minimum absolute atomic E-state index is 0.0220. The first-order chi connectivity index (χ1) is 13.9. The molecule has 0 aliphatic carbocycles. The Kier molecular flexibility index (Phi) is 5.97. The summed E-state index contributed by atoms with van der Waals surface area (Å²) >= 11 is 0. The number of carbonyl (C=O) groups is 1. The molecule has 29 heavy (non-hydrogen) atoms. The lowest BCUT2D eigenvalue weighted by atomic mass is 10.0. The summed E-state index contributed by atoms with van der Waals surface area (Å²) in [5.41, 5.74) is 8.89. The molecule has 3 aromatic rings. The molecular formula is C22H24N4O3. The van der Waals surface area contributed by atoms with Crippen molar-refractivity contribution >= 4 is 22.5 Å². The first kappa shape index (κ1) is 20.1. The Morgan fingerprint density at radius 1 is 1.17 bits per heavy atom. The second-order valence-corrected chi connectivity index (χ2v) is 7.32. The van der Waals surface area contributed by atoms with Crippen LogP contribution < -0.4 is 10.9 Å². The van der Waals surface area contributed by atoms with E-state index in [2.05, 4.69) is 29.7 Å². The van der Waals surface area contributed by atoms with Gasteiger partial charge in [0, 0.05) is 34.3 Å². The summed E-state index contributed by atoms with van der Waals surface area (Å²) in [6, 6.07) is 13.9. The molecule has 0 saturated heterocycles. The molecule has 7 nitrogen and oxygen atoms in total. The number of hydrogen-bond acceptors (Lipinski definition) is 4. The predicted molar refractivity (Wildman–Crippen MR) is 114 cm³/mol. The Morgan fingerprint density at radius 3 is 2.55 bits per heavy atom. The third-order valence-corrected chi connectivity index (χ3v) is 4.55. The molecule has 1 amide bonds. The minimum Gasteiger partial charge on any atom is -0.350 e. The summed E-state index contributed by atoms with van der Waals surface area (Å²) in [6.07, 6.45) is 2.93. The largest absolute Gasteiger partial charge is 0.350 e. The molecule has 0 atom stereocenters. The molecule has 0 unspecified atom stereocenters. The number of H-pyrrole nitrogens is 1. The molecule has 150 valence electrons. The molecule has 2 aromatic carbocycles. The molecule has 0 aliphatic heterocycles. The Morgan fingerprint density at radius 2 is 1.90 bits per heavy atom. The van der Waals surface area contributed by atoms with Crippen molar-refractivity contribution in [1.82, 2.24) is 15.8 Å². The van der Waals surface area contributed by atoms with Crippen molar-refractivity contribution in [2.45, 2.75) is 27.2 Å². The average molecular weight is 392 g/mol. The van der Waals surface area contributed by atoms with Crippen LogP contribution in [0.1, 0.15) is 37.7 Å². The molecule has 0 aliphatic rings. The fourth-order valence-corrected chi connectivity index (χ4v) is 3.05. The lowest BCUT2D eigenvalue weighted by molar-refractivity contribution is -0.384. The van der Waals surface area contributed by atoms with Gasteiger partial charge >= 0.3 is 0 Å². The van der Waals surface area contributed by atoms with Crippen LogP contribution in [0, 0.1) is 16.0 Å². The number of nitro groups is 1. The standard InChI is InChI=1S/C22H24N4O3/c1-14(2)9-10-15(3)24-25-22(27)21-20(16-7-5-4-6-8-16)18-13-17(26(28)29)11-12-19(18)23-21/h4-8,10-14,23-24H,9H2,1-3H3,(H,25,27). The molecule has 0 bridgehead atoms. The maximum absolute atomic E-state index is 12.9. The van der Waals surface area contributed by atoms with Gasteiger partial charge in [-0.15, -0.1) is 0 Å². The second-order valence-electron chi connectivity index (χ2n) is 7.32. The fourth-order valence-electron chi connectivity index (χ4n) is 3.05. The van der Waals surface area contributed by atoms with E-state index in [1.165, 1.54) is 12.1 Å². The van der Waals surface area contributed by atoms with Crippen molar-refractivity contribution in [1.29, 1.82) is 0 Å². The van der Waals surface area contributed by atoms with Crippen molar-refractivity contribution in [2.24, 2.45) is 5.92 Å². The summed E-state index contributed by atoms with van der Waals surface area (Å²) < 4.78 is 0. The van der Waals surface area contributed by atoms with Gasteiger partial charge in [0.15, 0.2) is 0 Å². The van der Waals surface area contributed by atoms with Crippen LogP contribution in [0.2, 0.25) is 0 Å². The fraction of sp³-hybridized carbons (Fsp3) is 0.227. The van der Waals surface area contributed by atoms with Crippen LogP contribution in [0.3, 0.4) is 0 Å². The van der Waals surface area contributed by atoms with E-state index in [0.29, 0.717) is 28.1 Å². The number of hydrogen-bond donors (Lipinski definition) is 3. The number of aromatic nitrogens is 1. The number of rotatable bonds is 7. The Labute approximate surface area is 168 Å². The van der Waals surface area contributed by atoms with E-state index in [-0.39, 0.29) is 11.6 Å². The summed E-state index contributed by atoms with van der Waals surface area (Å²) in [5, 5.41) is 11.8. The van der Waals surface area contributed by atoms with E-state index >= 15 is 0 Å². The molecule has 1 heterocycles. The normalized spacial score (nSPS) is 11.7. The first-order valence-electron chi connectivity index (χ1n) is 9.45. The Bertz CT molecular complexity index is 1070. The predicted octanol–water partition coefficient (Wildman–Crippen LogP) is 4.93. The third-order valence-electron chi connectivity index (χ3n) is 4.55.